The number of benzene rings is 2. The first-order valence-electron chi connectivity index (χ1n) is 5.95. The molecule has 1 heterocycles. The smallest absolute Gasteiger partial charge is 0.267 e. The van der Waals surface area contributed by atoms with Gasteiger partial charge in [-0.1, -0.05) is 41.1 Å². The Morgan fingerprint density at radius 3 is 2.70 bits per heavy atom. The first kappa shape index (κ1) is 13.1. The maximum atomic E-state index is 12.2. The Kier molecular flexibility index (Phi) is 3.71. The number of halogens is 1. The number of hydrogen-bond acceptors (Lipinski definition) is 4. The topological polar surface area (TPSA) is 47.8 Å². The molecule has 0 unspecified atom stereocenters. The van der Waals surface area contributed by atoms with Crippen molar-refractivity contribution >= 4 is 34.3 Å². The molecule has 3 aromatic rings. The lowest BCUT2D eigenvalue weighted by molar-refractivity contribution is 0.645. The maximum Gasteiger partial charge on any atom is 0.278 e. The fourth-order valence-electron chi connectivity index (χ4n) is 1.80. The Labute approximate surface area is 124 Å². The van der Waals surface area contributed by atoms with Gasteiger partial charge >= 0.3 is 0 Å². The second-order valence-electron chi connectivity index (χ2n) is 4.12. The number of fused-ring (bicyclic) bond motifs is 1. The minimum Gasteiger partial charge on any atom is -0.267 e. The predicted octanol–water partition coefficient (Wildman–Crippen LogP) is 3.19. The zero-order chi connectivity index (χ0) is 13.9. The van der Waals surface area contributed by atoms with E-state index in [1.54, 1.807) is 12.1 Å². The van der Waals surface area contributed by atoms with Gasteiger partial charge in [0.2, 0.25) is 0 Å². The number of aromatic nitrogens is 3. The minimum absolute atomic E-state index is 0.143. The van der Waals surface area contributed by atoms with Crippen LogP contribution in [-0.4, -0.2) is 15.0 Å². The van der Waals surface area contributed by atoms with Gasteiger partial charge in [-0.25, -0.2) is 4.68 Å². The van der Waals surface area contributed by atoms with Gasteiger partial charge in [0.1, 0.15) is 5.52 Å². The molecule has 0 aliphatic rings. The number of rotatable bonds is 3. The van der Waals surface area contributed by atoms with Crippen molar-refractivity contribution in [2.24, 2.45) is 0 Å². The van der Waals surface area contributed by atoms with Gasteiger partial charge in [-0.05, 0) is 24.3 Å². The fraction of sp³-hybridized carbons (Fsp3) is 0.0714. The first-order chi connectivity index (χ1) is 9.75. The van der Waals surface area contributed by atoms with Gasteiger partial charge in [-0.15, -0.1) is 16.9 Å². The van der Waals surface area contributed by atoms with Gasteiger partial charge in [0.25, 0.3) is 5.56 Å². The van der Waals surface area contributed by atoms with Crippen molar-refractivity contribution in [3.8, 4) is 0 Å². The molecule has 0 spiro atoms. The summed E-state index contributed by atoms with van der Waals surface area (Å²) in [5, 5.41) is 9.22. The molecule has 4 nitrogen and oxygen atoms in total. The third-order valence-corrected chi connectivity index (χ3v) is 4.29. The third-order valence-electron chi connectivity index (χ3n) is 2.81. The van der Waals surface area contributed by atoms with Crippen molar-refractivity contribution < 1.29 is 0 Å². The van der Waals surface area contributed by atoms with Gasteiger partial charge in [0, 0.05) is 4.90 Å². The largest absolute Gasteiger partial charge is 0.278 e. The quantitative estimate of drug-likeness (QED) is 0.697. The van der Waals surface area contributed by atoms with Crippen LogP contribution in [0.2, 0.25) is 5.02 Å². The number of hydrogen-bond donors (Lipinski definition) is 0. The van der Waals surface area contributed by atoms with Crippen molar-refractivity contribution in [2.75, 3.05) is 0 Å². The van der Waals surface area contributed by atoms with Crippen molar-refractivity contribution in [1.29, 1.82) is 0 Å². The summed E-state index contributed by atoms with van der Waals surface area (Å²) in [7, 11) is 0. The Bertz CT molecular complexity index is 819. The second-order valence-corrected chi connectivity index (χ2v) is 5.51. The highest BCUT2D eigenvalue weighted by Gasteiger charge is 2.06. The molecule has 0 radical (unpaired) electrons. The zero-order valence-electron chi connectivity index (χ0n) is 10.4. The van der Waals surface area contributed by atoms with Crippen LogP contribution in [0, 0.1) is 0 Å². The molecular formula is C14H10ClN3OS. The average Bonchev–Trinajstić information content (AvgIpc) is 2.48. The van der Waals surface area contributed by atoms with Gasteiger partial charge in [0.05, 0.1) is 16.3 Å². The Morgan fingerprint density at radius 1 is 1.10 bits per heavy atom. The fourth-order valence-corrected chi connectivity index (χ4v) is 2.91. The molecule has 2 aromatic carbocycles. The van der Waals surface area contributed by atoms with E-state index < -0.39 is 0 Å². The molecule has 0 atom stereocenters. The lowest BCUT2D eigenvalue weighted by Crippen LogP contribution is -2.23. The highest BCUT2D eigenvalue weighted by molar-refractivity contribution is 7.98. The number of thioether (sulfide) groups is 1. The Hall–Kier alpha value is -1.85. The lowest BCUT2D eigenvalue weighted by atomic mass is 10.2. The molecule has 1 aromatic heterocycles. The van der Waals surface area contributed by atoms with Crippen LogP contribution in [0.25, 0.3) is 10.9 Å². The summed E-state index contributed by atoms with van der Waals surface area (Å²) >= 11 is 7.53. The van der Waals surface area contributed by atoms with Gasteiger partial charge in [-0.2, -0.15) is 0 Å². The highest BCUT2D eigenvalue weighted by atomic mass is 35.5. The molecule has 0 amide bonds. The summed E-state index contributed by atoms with van der Waals surface area (Å²) in [6.07, 6.45) is 0. The molecule has 0 fully saturated rings. The van der Waals surface area contributed by atoms with E-state index in [4.69, 9.17) is 11.6 Å². The zero-order valence-corrected chi connectivity index (χ0v) is 11.9. The van der Waals surface area contributed by atoms with Crippen molar-refractivity contribution in [2.45, 2.75) is 10.8 Å². The van der Waals surface area contributed by atoms with Crippen LogP contribution in [0.3, 0.4) is 0 Å². The van der Waals surface area contributed by atoms with Crippen molar-refractivity contribution in [1.82, 2.24) is 15.0 Å². The van der Waals surface area contributed by atoms with E-state index >= 15 is 0 Å². The van der Waals surface area contributed by atoms with Crippen molar-refractivity contribution in [3.63, 3.8) is 0 Å². The van der Waals surface area contributed by atoms with Crippen LogP contribution in [0.1, 0.15) is 0 Å². The molecule has 0 N–H and O–H groups in total. The van der Waals surface area contributed by atoms with E-state index in [9.17, 15) is 4.79 Å². The third kappa shape index (κ3) is 2.55. The molecular weight excluding hydrogens is 294 g/mol. The van der Waals surface area contributed by atoms with Gasteiger partial charge < -0.3 is 0 Å². The predicted molar refractivity (Wildman–Crippen MR) is 81.1 cm³/mol. The van der Waals surface area contributed by atoms with E-state index in [-0.39, 0.29) is 5.56 Å². The normalized spacial score (nSPS) is 10.8. The van der Waals surface area contributed by atoms with Crippen LogP contribution >= 0.6 is 23.4 Å². The van der Waals surface area contributed by atoms with E-state index in [1.165, 1.54) is 16.4 Å². The molecule has 20 heavy (non-hydrogen) atoms. The molecule has 0 bridgehead atoms. The average molecular weight is 304 g/mol. The molecule has 3 rings (SSSR count). The summed E-state index contributed by atoms with van der Waals surface area (Å²) in [6, 6.07) is 14.7. The lowest BCUT2D eigenvalue weighted by Gasteiger charge is -2.05. The standard InChI is InChI=1S/C14H10ClN3OS/c15-11-6-2-4-8-13(11)20-9-18-14(19)10-5-1-3-7-12(10)16-17-18/h1-8H,9H2. The molecule has 0 aliphatic heterocycles. The molecule has 0 saturated carbocycles. The first-order valence-corrected chi connectivity index (χ1v) is 7.32. The van der Waals surface area contributed by atoms with E-state index in [0.717, 1.165) is 4.90 Å². The molecule has 0 saturated heterocycles. The van der Waals surface area contributed by atoms with Crippen LogP contribution in [0.15, 0.2) is 58.2 Å². The summed E-state index contributed by atoms with van der Waals surface area (Å²) in [4.78, 5) is 13.2. The second kappa shape index (κ2) is 5.64. The van der Waals surface area contributed by atoms with E-state index in [0.29, 0.717) is 21.8 Å². The molecule has 100 valence electrons. The van der Waals surface area contributed by atoms with Crippen LogP contribution in [-0.2, 0) is 5.88 Å². The SMILES string of the molecule is O=c1c2ccccc2nnn1CSc1ccccc1Cl. The molecule has 0 aliphatic carbocycles. The van der Waals surface area contributed by atoms with Crippen molar-refractivity contribution in [3.05, 3.63) is 63.9 Å². The Balaban J connectivity index is 1.90. The number of nitrogens with zero attached hydrogens (tertiary/aromatic N) is 3. The summed E-state index contributed by atoms with van der Waals surface area (Å²) in [5.74, 6) is 0.375. The minimum atomic E-state index is -0.143. The van der Waals surface area contributed by atoms with Crippen LogP contribution < -0.4 is 5.56 Å². The summed E-state index contributed by atoms with van der Waals surface area (Å²) in [5.41, 5.74) is 0.464. The van der Waals surface area contributed by atoms with Crippen LogP contribution in [0.5, 0.6) is 0 Å². The summed E-state index contributed by atoms with van der Waals surface area (Å²) in [6.45, 7) is 0. The molecule has 6 heteroatoms. The van der Waals surface area contributed by atoms with Crippen LogP contribution in [0.4, 0.5) is 0 Å². The van der Waals surface area contributed by atoms with E-state index in [1.807, 2.05) is 36.4 Å². The van der Waals surface area contributed by atoms with E-state index in [2.05, 4.69) is 10.3 Å². The highest BCUT2D eigenvalue weighted by Crippen LogP contribution is 2.27. The Morgan fingerprint density at radius 2 is 1.85 bits per heavy atom. The maximum absolute atomic E-state index is 12.2. The monoisotopic (exact) mass is 303 g/mol. The summed E-state index contributed by atoms with van der Waals surface area (Å²) < 4.78 is 1.34. The van der Waals surface area contributed by atoms with Gasteiger partial charge in [-0.3, -0.25) is 4.79 Å². The van der Waals surface area contributed by atoms with Gasteiger partial charge in [0.15, 0.2) is 0 Å².